The van der Waals surface area contributed by atoms with E-state index in [1.54, 1.807) is 6.92 Å². The van der Waals surface area contributed by atoms with Gasteiger partial charge in [0.1, 0.15) is 10.6 Å². The van der Waals surface area contributed by atoms with Gasteiger partial charge in [0.25, 0.3) is 5.91 Å². The molecule has 31 heavy (non-hydrogen) atoms. The zero-order chi connectivity index (χ0) is 23.2. The quantitative estimate of drug-likeness (QED) is 0.488. The first-order valence-corrected chi connectivity index (χ1v) is 12.6. The monoisotopic (exact) mass is 512 g/mol. The van der Waals surface area contributed by atoms with Gasteiger partial charge in [-0.05, 0) is 37.5 Å². The van der Waals surface area contributed by atoms with Crippen LogP contribution in [0.3, 0.4) is 0 Å². The van der Waals surface area contributed by atoms with Crippen LogP contribution in [-0.4, -0.2) is 43.4 Å². The number of nitrogens with two attached hydrogens (primary N) is 1. The van der Waals surface area contributed by atoms with E-state index in [1.165, 1.54) is 6.07 Å². The Balaban J connectivity index is 2.46. The van der Waals surface area contributed by atoms with Crippen molar-refractivity contribution in [1.29, 1.82) is 0 Å². The number of nitrogens with zero attached hydrogens (tertiary/aromatic N) is 3. The van der Waals surface area contributed by atoms with Gasteiger partial charge in [0.15, 0.2) is 21.3 Å². The second kappa shape index (κ2) is 10.9. The third-order valence-corrected chi connectivity index (χ3v) is 6.87. The molecule has 1 aromatic carbocycles. The summed E-state index contributed by atoms with van der Waals surface area (Å²) in [6.07, 6.45) is 0.407. The number of rotatable bonds is 11. The van der Waals surface area contributed by atoms with Gasteiger partial charge in [0.2, 0.25) is 0 Å². The van der Waals surface area contributed by atoms with Crippen LogP contribution in [0.15, 0.2) is 33.6 Å². The van der Waals surface area contributed by atoms with Gasteiger partial charge in [-0.15, -0.1) is 10.2 Å². The molecule has 0 unspecified atom stereocenters. The highest BCUT2D eigenvalue weighted by atomic mass is 79.9. The van der Waals surface area contributed by atoms with E-state index in [-0.39, 0.29) is 16.3 Å². The summed E-state index contributed by atoms with van der Waals surface area (Å²) in [5.41, 5.74) is 5.92. The summed E-state index contributed by atoms with van der Waals surface area (Å²) < 4.78 is 32.3. The first kappa shape index (κ1) is 25.1. The van der Waals surface area contributed by atoms with Crippen molar-refractivity contribution in [1.82, 2.24) is 10.2 Å². The molecule has 0 aliphatic rings. The summed E-state index contributed by atoms with van der Waals surface area (Å²) in [6.45, 7) is 9.36. The van der Waals surface area contributed by atoms with Gasteiger partial charge in [0.05, 0.1) is 12.4 Å². The molecule has 0 fully saturated rings. The van der Waals surface area contributed by atoms with Gasteiger partial charge in [-0.25, -0.2) is 8.42 Å². The molecule has 0 spiro atoms. The molecular weight excluding hydrogens is 484 g/mol. The predicted molar refractivity (Wildman–Crippen MR) is 124 cm³/mol. The molecular formula is C21H29BrN4O4S. The third kappa shape index (κ3) is 6.64. The summed E-state index contributed by atoms with van der Waals surface area (Å²) in [7, 11) is -3.72. The summed E-state index contributed by atoms with van der Waals surface area (Å²) in [4.78, 5) is 13.4. The Morgan fingerprint density at radius 3 is 2.52 bits per heavy atom. The van der Waals surface area contributed by atoms with Crippen molar-refractivity contribution in [3.05, 3.63) is 40.0 Å². The molecule has 2 N–H and O–H groups in total. The number of anilines is 1. The number of hydrogen-bond acceptors (Lipinski definition) is 7. The number of amides is 1. The summed E-state index contributed by atoms with van der Waals surface area (Å²) >= 11 is 3.49. The molecule has 2 rings (SSSR count). The van der Waals surface area contributed by atoms with Crippen LogP contribution in [0.4, 0.5) is 5.82 Å². The number of halogens is 1. The minimum absolute atomic E-state index is 0.108. The highest BCUT2D eigenvalue weighted by molar-refractivity contribution is 9.10. The van der Waals surface area contributed by atoms with Gasteiger partial charge in [-0.2, -0.15) is 0 Å². The first-order valence-electron chi connectivity index (χ1n) is 10.2. The van der Waals surface area contributed by atoms with E-state index in [9.17, 15) is 13.2 Å². The molecule has 1 amide bonds. The fourth-order valence-corrected chi connectivity index (χ4v) is 4.82. The summed E-state index contributed by atoms with van der Waals surface area (Å²) in [5.74, 6) is 0.432. The Bertz CT molecular complexity index is 1030. The average molecular weight is 513 g/mol. The van der Waals surface area contributed by atoms with Crippen LogP contribution in [0, 0.1) is 5.92 Å². The van der Waals surface area contributed by atoms with Crippen LogP contribution < -0.4 is 15.4 Å². The van der Waals surface area contributed by atoms with Crippen molar-refractivity contribution in [2.45, 2.75) is 45.6 Å². The van der Waals surface area contributed by atoms with Crippen LogP contribution >= 0.6 is 15.9 Å². The van der Waals surface area contributed by atoms with Crippen LogP contribution in [0.5, 0.6) is 5.75 Å². The number of benzene rings is 1. The van der Waals surface area contributed by atoms with Crippen molar-refractivity contribution < 1.29 is 17.9 Å². The normalized spacial score (nSPS) is 11.5. The van der Waals surface area contributed by atoms with Gasteiger partial charge >= 0.3 is 0 Å². The Morgan fingerprint density at radius 2 is 1.94 bits per heavy atom. The van der Waals surface area contributed by atoms with Gasteiger partial charge in [0, 0.05) is 29.2 Å². The number of carbonyl (C=O) groups excluding carboxylic acids is 1. The maximum atomic E-state index is 12.7. The molecule has 1 heterocycles. The zero-order valence-electron chi connectivity index (χ0n) is 18.3. The van der Waals surface area contributed by atoms with Crippen molar-refractivity contribution in [3.63, 3.8) is 0 Å². The Kier molecular flexibility index (Phi) is 8.81. The maximum absolute atomic E-state index is 12.7. The van der Waals surface area contributed by atoms with Crippen LogP contribution in [0.2, 0.25) is 0 Å². The van der Waals surface area contributed by atoms with Crippen molar-refractivity contribution >= 4 is 37.5 Å². The van der Waals surface area contributed by atoms with Crippen molar-refractivity contribution in [2.24, 2.45) is 11.7 Å². The van der Waals surface area contributed by atoms with E-state index < -0.39 is 15.7 Å². The predicted octanol–water partition coefficient (Wildman–Crippen LogP) is 3.58. The van der Waals surface area contributed by atoms with E-state index in [0.717, 1.165) is 15.8 Å². The minimum Gasteiger partial charge on any atom is -0.493 e. The van der Waals surface area contributed by atoms with Crippen molar-refractivity contribution in [3.8, 4) is 5.75 Å². The number of ether oxygens (including phenoxy) is 1. The second-order valence-electron chi connectivity index (χ2n) is 7.57. The fraction of sp³-hybridized carbons (Fsp3) is 0.476. The molecule has 8 nitrogen and oxygen atoms in total. The van der Waals surface area contributed by atoms with Gasteiger partial charge < -0.3 is 15.4 Å². The highest BCUT2D eigenvalue weighted by Gasteiger charge is 2.25. The number of primary amides is 1. The third-order valence-electron chi connectivity index (χ3n) is 4.45. The van der Waals surface area contributed by atoms with Crippen LogP contribution in [0.1, 0.15) is 50.2 Å². The Hall–Kier alpha value is -2.20. The van der Waals surface area contributed by atoms with E-state index in [0.29, 0.717) is 37.9 Å². The number of aromatic nitrogens is 2. The Morgan fingerprint density at radius 1 is 1.23 bits per heavy atom. The Labute approximate surface area is 192 Å². The van der Waals surface area contributed by atoms with Gasteiger partial charge in [-0.3, -0.25) is 4.79 Å². The van der Waals surface area contributed by atoms with Gasteiger partial charge in [-0.1, -0.05) is 36.7 Å². The first-order chi connectivity index (χ1) is 14.6. The molecule has 170 valence electrons. The molecule has 0 aliphatic carbocycles. The molecule has 10 heteroatoms. The smallest absolute Gasteiger partial charge is 0.270 e. The molecule has 2 aromatic rings. The maximum Gasteiger partial charge on any atom is 0.270 e. The molecule has 0 saturated heterocycles. The van der Waals surface area contributed by atoms with Crippen LogP contribution in [-0.2, 0) is 16.4 Å². The molecule has 1 aromatic heterocycles. The van der Waals surface area contributed by atoms with E-state index in [4.69, 9.17) is 10.5 Å². The largest absolute Gasteiger partial charge is 0.493 e. The standard InChI is InChI=1S/C21H29BrN4O4S/c1-5-9-31(28,29)18-11-19(24-25-20(18)21(23)27)26(6-2)12-15-10-16(22)7-8-17(15)30-13-14(3)4/h7-8,10-11,14H,5-6,9,12-13H2,1-4H3,(H2,23,27). The molecule has 0 aliphatic heterocycles. The minimum atomic E-state index is -3.72. The van der Waals surface area contributed by atoms with Crippen LogP contribution in [0.25, 0.3) is 0 Å². The molecule has 0 atom stereocenters. The van der Waals surface area contributed by atoms with E-state index in [1.807, 2.05) is 30.0 Å². The molecule has 0 saturated carbocycles. The lowest BCUT2D eigenvalue weighted by atomic mass is 10.1. The van der Waals surface area contributed by atoms with E-state index in [2.05, 4.69) is 40.0 Å². The lowest BCUT2D eigenvalue weighted by Crippen LogP contribution is -2.26. The fourth-order valence-electron chi connectivity index (χ4n) is 2.94. The summed E-state index contributed by atoms with van der Waals surface area (Å²) in [6, 6.07) is 7.15. The number of sulfone groups is 1. The zero-order valence-corrected chi connectivity index (χ0v) is 20.7. The lowest BCUT2D eigenvalue weighted by Gasteiger charge is -2.24. The number of carbonyl (C=O) groups is 1. The second-order valence-corrected chi connectivity index (χ2v) is 10.6. The van der Waals surface area contributed by atoms with Crippen molar-refractivity contribution in [2.75, 3.05) is 23.8 Å². The molecule has 0 bridgehead atoms. The van der Waals surface area contributed by atoms with E-state index >= 15 is 0 Å². The molecule has 0 radical (unpaired) electrons. The number of hydrogen-bond donors (Lipinski definition) is 1. The SMILES string of the molecule is CCCS(=O)(=O)c1cc(N(CC)Cc2cc(Br)ccc2OCC(C)C)nnc1C(N)=O. The lowest BCUT2D eigenvalue weighted by molar-refractivity contribution is 0.0991. The summed E-state index contributed by atoms with van der Waals surface area (Å²) in [5, 5.41) is 7.94. The topological polar surface area (TPSA) is 115 Å². The average Bonchev–Trinajstić information content (AvgIpc) is 2.70. The highest BCUT2D eigenvalue weighted by Crippen LogP contribution is 2.28.